The third kappa shape index (κ3) is 6.54. The van der Waals surface area contributed by atoms with Gasteiger partial charge >= 0.3 is 0 Å². The van der Waals surface area contributed by atoms with E-state index in [-0.39, 0.29) is 23.2 Å². The zero-order valence-electron chi connectivity index (χ0n) is 21.7. The van der Waals surface area contributed by atoms with Crippen LogP contribution in [0.3, 0.4) is 0 Å². The first-order chi connectivity index (χ1) is 18.3. The normalized spacial score (nSPS) is 18.1. The maximum atomic E-state index is 13.4. The summed E-state index contributed by atoms with van der Waals surface area (Å²) >= 11 is 0. The number of likely N-dealkylation sites (tertiary alicyclic amines) is 2. The SMILES string of the molecule is C=C/C=C\c1c(C2CCN(CC(=O)C3CCN(C(=O)/C=C/c4cc(F)c(F)c(F)c4)CC3)CC2)c[nH]c1C. The van der Waals surface area contributed by atoms with Crippen molar-refractivity contribution >= 4 is 23.8 Å². The molecule has 0 saturated carbocycles. The first kappa shape index (κ1) is 27.6. The van der Waals surface area contributed by atoms with E-state index in [2.05, 4.69) is 35.7 Å². The van der Waals surface area contributed by atoms with Crippen LogP contribution in [0.25, 0.3) is 12.2 Å². The van der Waals surface area contributed by atoms with Crippen molar-refractivity contribution in [3.63, 3.8) is 0 Å². The van der Waals surface area contributed by atoms with E-state index in [1.54, 1.807) is 11.0 Å². The second kappa shape index (κ2) is 12.4. The molecule has 8 heteroatoms. The van der Waals surface area contributed by atoms with Crippen molar-refractivity contribution in [1.82, 2.24) is 14.8 Å². The minimum atomic E-state index is -1.54. The summed E-state index contributed by atoms with van der Waals surface area (Å²) in [7, 11) is 0. The number of ketones is 1. The molecule has 0 atom stereocenters. The van der Waals surface area contributed by atoms with Crippen molar-refractivity contribution in [1.29, 1.82) is 0 Å². The number of amides is 1. The fraction of sp³-hybridized carbons (Fsp3) is 0.400. The molecule has 4 rings (SSSR count). The molecule has 5 nitrogen and oxygen atoms in total. The molecule has 3 heterocycles. The topological polar surface area (TPSA) is 56.4 Å². The van der Waals surface area contributed by atoms with Gasteiger partial charge in [0.2, 0.25) is 5.91 Å². The number of hydrogen-bond donors (Lipinski definition) is 1. The number of nitrogens with one attached hydrogen (secondary N) is 1. The highest BCUT2D eigenvalue weighted by Gasteiger charge is 2.29. The molecule has 1 N–H and O–H groups in total. The first-order valence-electron chi connectivity index (χ1n) is 13.1. The molecule has 2 aliphatic rings. The Morgan fingerprint density at radius 1 is 1.03 bits per heavy atom. The Balaban J connectivity index is 1.23. The zero-order valence-corrected chi connectivity index (χ0v) is 21.7. The molecule has 2 aromatic rings. The number of piperidine rings is 2. The van der Waals surface area contributed by atoms with E-state index >= 15 is 0 Å². The minimum absolute atomic E-state index is 0.0691. The number of benzene rings is 1. The average Bonchev–Trinajstić information content (AvgIpc) is 3.29. The van der Waals surface area contributed by atoms with Gasteiger partial charge in [-0.05, 0) is 86.5 Å². The summed E-state index contributed by atoms with van der Waals surface area (Å²) in [6, 6.07) is 1.68. The molecule has 1 amide bonds. The molecule has 0 spiro atoms. The first-order valence-corrected chi connectivity index (χ1v) is 13.1. The van der Waals surface area contributed by atoms with Crippen molar-refractivity contribution in [3.8, 4) is 0 Å². The Kier molecular flexibility index (Phi) is 9.05. The number of allylic oxidation sites excluding steroid dienone is 2. The second-order valence-corrected chi connectivity index (χ2v) is 10.1. The van der Waals surface area contributed by atoms with Crippen LogP contribution >= 0.6 is 0 Å². The van der Waals surface area contributed by atoms with Crippen molar-refractivity contribution in [2.75, 3.05) is 32.7 Å². The molecule has 202 valence electrons. The van der Waals surface area contributed by atoms with Gasteiger partial charge in [-0.3, -0.25) is 14.5 Å². The second-order valence-electron chi connectivity index (χ2n) is 10.1. The number of carbonyl (C=O) groups is 2. The summed E-state index contributed by atoms with van der Waals surface area (Å²) in [6.45, 7) is 8.90. The highest BCUT2D eigenvalue weighted by atomic mass is 19.2. The van der Waals surface area contributed by atoms with Crippen LogP contribution in [-0.4, -0.2) is 59.2 Å². The van der Waals surface area contributed by atoms with Gasteiger partial charge < -0.3 is 9.88 Å². The lowest BCUT2D eigenvalue weighted by Gasteiger charge is -2.34. The number of carbonyl (C=O) groups excluding carboxylic acids is 2. The van der Waals surface area contributed by atoms with E-state index in [0.717, 1.165) is 43.8 Å². The van der Waals surface area contributed by atoms with E-state index in [0.29, 0.717) is 38.4 Å². The quantitative estimate of drug-likeness (QED) is 0.276. The molecule has 0 radical (unpaired) electrons. The van der Waals surface area contributed by atoms with Crippen molar-refractivity contribution in [2.24, 2.45) is 5.92 Å². The lowest BCUT2D eigenvalue weighted by molar-refractivity contribution is -0.131. The zero-order chi connectivity index (χ0) is 27.2. The molecule has 2 aliphatic heterocycles. The Labute approximate surface area is 221 Å². The fourth-order valence-corrected chi connectivity index (χ4v) is 5.40. The Morgan fingerprint density at radius 3 is 2.32 bits per heavy atom. The van der Waals surface area contributed by atoms with E-state index < -0.39 is 17.5 Å². The van der Waals surface area contributed by atoms with E-state index in [1.165, 1.54) is 23.3 Å². The van der Waals surface area contributed by atoms with Gasteiger partial charge in [0.15, 0.2) is 17.5 Å². The summed E-state index contributed by atoms with van der Waals surface area (Å²) < 4.78 is 39.9. The van der Waals surface area contributed by atoms with Crippen LogP contribution in [-0.2, 0) is 9.59 Å². The summed E-state index contributed by atoms with van der Waals surface area (Å²) in [5, 5.41) is 0. The number of aromatic amines is 1. The standard InChI is InChI=1S/C30H34F3N3O2/c1-3-4-5-24-20(2)34-18-25(24)22-8-12-35(13-9-22)19-28(37)23-10-14-36(15-11-23)29(38)7-6-21-16-26(31)30(33)27(32)17-21/h3-7,16-18,22-23,34H,1,8-15,19H2,2H3/b5-4-,7-6+. The van der Waals surface area contributed by atoms with Gasteiger partial charge in [0.1, 0.15) is 5.78 Å². The molecule has 38 heavy (non-hydrogen) atoms. The number of aryl methyl sites for hydroxylation is 1. The molecule has 1 aromatic heterocycles. The highest BCUT2D eigenvalue weighted by Crippen LogP contribution is 2.33. The van der Waals surface area contributed by atoms with E-state index in [9.17, 15) is 22.8 Å². The van der Waals surface area contributed by atoms with Gasteiger partial charge in [-0.2, -0.15) is 0 Å². The van der Waals surface area contributed by atoms with E-state index in [4.69, 9.17) is 0 Å². The molecule has 1 aromatic carbocycles. The largest absolute Gasteiger partial charge is 0.364 e. The van der Waals surface area contributed by atoms with Gasteiger partial charge in [-0.15, -0.1) is 0 Å². The molecule has 0 aliphatic carbocycles. The Hall–Kier alpha value is -3.39. The molecule has 2 fully saturated rings. The maximum Gasteiger partial charge on any atom is 0.246 e. The van der Waals surface area contributed by atoms with E-state index in [1.807, 2.05) is 6.08 Å². The number of halogens is 3. The summed E-state index contributed by atoms with van der Waals surface area (Å²) in [6.07, 6.45) is 13.6. The van der Waals surface area contributed by atoms with Gasteiger partial charge in [0.05, 0.1) is 6.54 Å². The summed E-state index contributed by atoms with van der Waals surface area (Å²) in [5.74, 6) is -3.84. The molecule has 0 bridgehead atoms. The summed E-state index contributed by atoms with van der Waals surface area (Å²) in [5.41, 5.74) is 3.77. The fourth-order valence-electron chi connectivity index (χ4n) is 5.40. The number of nitrogens with zero attached hydrogens (tertiary/aromatic N) is 2. The summed E-state index contributed by atoms with van der Waals surface area (Å²) in [4.78, 5) is 32.7. The average molecular weight is 526 g/mol. The minimum Gasteiger partial charge on any atom is -0.364 e. The molecular weight excluding hydrogens is 491 g/mol. The number of H-pyrrole nitrogens is 1. The third-order valence-corrected chi connectivity index (χ3v) is 7.65. The number of Topliss-reactive ketones (excluding diaryl/α,β-unsaturated/α-hetero) is 1. The van der Waals surface area contributed by atoms with Crippen molar-refractivity contribution in [2.45, 2.75) is 38.5 Å². The van der Waals surface area contributed by atoms with Gasteiger partial charge in [-0.1, -0.05) is 24.8 Å². The molecule has 2 saturated heterocycles. The lowest BCUT2D eigenvalue weighted by Crippen LogP contribution is -2.43. The number of aromatic nitrogens is 1. The Bertz CT molecular complexity index is 1210. The van der Waals surface area contributed by atoms with Crippen LogP contribution in [0.5, 0.6) is 0 Å². The van der Waals surface area contributed by atoms with Crippen LogP contribution in [0.2, 0.25) is 0 Å². The van der Waals surface area contributed by atoms with Gasteiger partial charge in [0, 0.05) is 37.0 Å². The van der Waals surface area contributed by atoms with Crippen LogP contribution in [0.4, 0.5) is 13.2 Å². The van der Waals surface area contributed by atoms with Crippen molar-refractivity contribution in [3.05, 3.63) is 83.0 Å². The molecular formula is C30H34F3N3O2. The van der Waals surface area contributed by atoms with Crippen LogP contribution in [0.15, 0.2) is 43.1 Å². The predicted octanol–water partition coefficient (Wildman–Crippen LogP) is 5.64. The number of rotatable bonds is 8. The highest BCUT2D eigenvalue weighted by molar-refractivity contribution is 5.92. The molecule has 0 unspecified atom stereocenters. The van der Waals surface area contributed by atoms with Gasteiger partial charge in [0.25, 0.3) is 0 Å². The number of hydrogen-bond acceptors (Lipinski definition) is 3. The smallest absolute Gasteiger partial charge is 0.246 e. The van der Waals surface area contributed by atoms with Crippen LogP contribution in [0.1, 0.15) is 54.0 Å². The van der Waals surface area contributed by atoms with Gasteiger partial charge in [-0.25, -0.2) is 13.2 Å². The Morgan fingerprint density at radius 2 is 1.68 bits per heavy atom. The monoisotopic (exact) mass is 525 g/mol. The van der Waals surface area contributed by atoms with Crippen molar-refractivity contribution < 1.29 is 22.8 Å². The third-order valence-electron chi connectivity index (χ3n) is 7.65. The lowest BCUT2D eigenvalue weighted by atomic mass is 9.87. The maximum absolute atomic E-state index is 13.4. The van der Waals surface area contributed by atoms with Crippen LogP contribution < -0.4 is 0 Å². The predicted molar refractivity (Wildman–Crippen MR) is 143 cm³/mol. The van der Waals surface area contributed by atoms with Crippen LogP contribution in [0, 0.1) is 30.3 Å².